The number of thiazole rings is 1. The van der Waals surface area contributed by atoms with Crippen LogP contribution in [0.4, 0.5) is 0 Å². The van der Waals surface area contributed by atoms with Gasteiger partial charge in [0.1, 0.15) is 5.01 Å². The first kappa shape index (κ1) is 20.4. The fourth-order valence-electron chi connectivity index (χ4n) is 2.60. The Bertz CT molecular complexity index is 739. The number of nitrogens with zero attached hydrogens (tertiary/aromatic N) is 1. The van der Waals surface area contributed by atoms with Gasteiger partial charge in [0.15, 0.2) is 0 Å². The molecule has 138 valence electrons. The van der Waals surface area contributed by atoms with Crippen LogP contribution in [0.5, 0.6) is 0 Å². The van der Waals surface area contributed by atoms with Crippen molar-refractivity contribution in [3.05, 3.63) is 75.2 Å². The van der Waals surface area contributed by atoms with Gasteiger partial charge in [-0.1, -0.05) is 53.6 Å². The molecule has 1 aromatic carbocycles. The summed E-state index contributed by atoms with van der Waals surface area (Å²) >= 11 is 7.52. The smallest absolute Gasteiger partial charge is 0.247 e. The molecule has 1 aromatic heterocycles. The van der Waals surface area contributed by atoms with Crippen molar-refractivity contribution in [2.75, 3.05) is 0 Å². The maximum Gasteiger partial charge on any atom is 0.247 e. The van der Waals surface area contributed by atoms with Crippen LogP contribution in [-0.4, -0.2) is 10.9 Å². The number of allylic oxidation sites excluding steroid dienone is 2. The molecule has 0 saturated heterocycles. The van der Waals surface area contributed by atoms with E-state index in [4.69, 9.17) is 11.6 Å². The van der Waals surface area contributed by atoms with Crippen molar-refractivity contribution >= 4 is 28.8 Å². The molecule has 1 N–H and O–H groups in total. The average molecular weight is 389 g/mol. The SMILES string of the molecule is CC(=CCCCC(=CCl)Cc1ccccc1)C(=O)NC(C)c1nccs1. The van der Waals surface area contributed by atoms with Crippen LogP contribution in [-0.2, 0) is 11.2 Å². The van der Waals surface area contributed by atoms with E-state index in [1.807, 2.05) is 43.5 Å². The highest BCUT2D eigenvalue weighted by atomic mass is 35.5. The van der Waals surface area contributed by atoms with E-state index in [9.17, 15) is 4.79 Å². The van der Waals surface area contributed by atoms with Crippen molar-refractivity contribution in [1.29, 1.82) is 0 Å². The highest BCUT2D eigenvalue weighted by molar-refractivity contribution is 7.09. The van der Waals surface area contributed by atoms with Gasteiger partial charge in [0.25, 0.3) is 0 Å². The molecule has 5 heteroatoms. The van der Waals surface area contributed by atoms with Gasteiger partial charge < -0.3 is 5.32 Å². The van der Waals surface area contributed by atoms with Crippen molar-refractivity contribution in [3.8, 4) is 0 Å². The van der Waals surface area contributed by atoms with E-state index >= 15 is 0 Å². The van der Waals surface area contributed by atoms with Gasteiger partial charge in [-0.05, 0) is 45.1 Å². The minimum Gasteiger partial charge on any atom is -0.343 e. The molecule has 1 amide bonds. The van der Waals surface area contributed by atoms with E-state index in [-0.39, 0.29) is 11.9 Å². The largest absolute Gasteiger partial charge is 0.343 e. The maximum atomic E-state index is 12.2. The van der Waals surface area contributed by atoms with E-state index in [2.05, 4.69) is 22.4 Å². The average Bonchev–Trinajstić information content (AvgIpc) is 3.19. The van der Waals surface area contributed by atoms with Crippen LogP contribution in [0, 0.1) is 0 Å². The lowest BCUT2D eigenvalue weighted by Crippen LogP contribution is -2.27. The summed E-state index contributed by atoms with van der Waals surface area (Å²) in [6.45, 7) is 3.80. The van der Waals surface area contributed by atoms with Crippen LogP contribution in [0.25, 0.3) is 0 Å². The molecular formula is C21H25ClN2OS. The van der Waals surface area contributed by atoms with Gasteiger partial charge in [0.05, 0.1) is 6.04 Å². The number of hydrogen-bond acceptors (Lipinski definition) is 3. The van der Waals surface area contributed by atoms with Crippen LogP contribution in [0.3, 0.4) is 0 Å². The van der Waals surface area contributed by atoms with E-state index in [0.717, 1.165) is 36.3 Å². The van der Waals surface area contributed by atoms with E-state index in [0.29, 0.717) is 0 Å². The summed E-state index contributed by atoms with van der Waals surface area (Å²) in [7, 11) is 0. The molecule has 0 aliphatic rings. The molecule has 0 bridgehead atoms. The van der Waals surface area contributed by atoms with E-state index in [1.54, 1.807) is 23.1 Å². The lowest BCUT2D eigenvalue weighted by Gasteiger charge is -2.11. The predicted octanol–water partition coefficient (Wildman–Crippen LogP) is 5.80. The fourth-order valence-corrected chi connectivity index (χ4v) is 3.43. The molecule has 0 aliphatic heterocycles. The van der Waals surface area contributed by atoms with Crippen LogP contribution in [0.15, 0.2) is 64.7 Å². The number of amides is 1. The topological polar surface area (TPSA) is 42.0 Å². The number of carbonyl (C=O) groups excluding carboxylic acids is 1. The summed E-state index contributed by atoms with van der Waals surface area (Å²) in [5, 5.41) is 5.82. The molecule has 2 aromatic rings. The van der Waals surface area contributed by atoms with E-state index < -0.39 is 0 Å². The Morgan fingerprint density at radius 2 is 2.12 bits per heavy atom. The molecule has 26 heavy (non-hydrogen) atoms. The Morgan fingerprint density at radius 1 is 1.35 bits per heavy atom. The van der Waals surface area contributed by atoms with Gasteiger partial charge in [-0.3, -0.25) is 4.79 Å². The Hall–Kier alpha value is -1.91. The second-order valence-corrected chi connectivity index (χ2v) is 7.42. The normalized spacial score (nSPS) is 13.5. The molecule has 0 radical (unpaired) electrons. The Kier molecular flexibility index (Phi) is 8.59. The molecule has 1 heterocycles. The van der Waals surface area contributed by atoms with Crippen molar-refractivity contribution in [2.24, 2.45) is 0 Å². The molecule has 0 spiro atoms. The molecule has 3 nitrogen and oxygen atoms in total. The maximum absolute atomic E-state index is 12.2. The van der Waals surface area contributed by atoms with E-state index in [1.165, 1.54) is 11.1 Å². The highest BCUT2D eigenvalue weighted by Crippen LogP contribution is 2.17. The van der Waals surface area contributed by atoms with Crippen molar-refractivity contribution in [2.45, 2.75) is 45.6 Å². The monoisotopic (exact) mass is 388 g/mol. The lowest BCUT2D eigenvalue weighted by atomic mass is 10.0. The Balaban J connectivity index is 1.75. The van der Waals surface area contributed by atoms with Crippen molar-refractivity contribution in [1.82, 2.24) is 10.3 Å². The Morgan fingerprint density at radius 3 is 2.77 bits per heavy atom. The minimum absolute atomic E-state index is 0.0369. The third-order valence-corrected chi connectivity index (χ3v) is 5.38. The fraction of sp³-hybridized carbons (Fsp3) is 0.333. The van der Waals surface area contributed by atoms with Crippen LogP contribution in [0.2, 0.25) is 0 Å². The first-order valence-corrected chi connectivity index (χ1v) is 10.1. The van der Waals surface area contributed by atoms with Gasteiger partial charge in [-0.25, -0.2) is 4.98 Å². The third-order valence-electron chi connectivity index (χ3n) is 4.11. The number of benzene rings is 1. The van der Waals surface area contributed by atoms with Crippen molar-refractivity contribution in [3.63, 3.8) is 0 Å². The predicted molar refractivity (Wildman–Crippen MR) is 110 cm³/mol. The number of aromatic nitrogens is 1. The summed E-state index contributed by atoms with van der Waals surface area (Å²) in [4.78, 5) is 16.5. The molecule has 0 fully saturated rings. The third kappa shape index (κ3) is 6.77. The lowest BCUT2D eigenvalue weighted by molar-refractivity contribution is -0.118. The summed E-state index contributed by atoms with van der Waals surface area (Å²) in [6.07, 6.45) is 7.38. The summed E-state index contributed by atoms with van der Waals surface area (Å²) in [5.74, 6) is -0.0369. The number of hydrogen-bond donors (Lipinski definition) is 1. The quantitative estimate of drug-likeness (QED) is 0.435. The molecule has 0 aliphatic carbocycles. The number of nitrogens with one attached hydrogen (secondary N) is 1. The van der Waals surface area contributed by atoms with Gasteiger partial charge >= 0.3 is 0 Å². The molecule has 1 unspecified atom stereocenters. The highest BCUT2D eigenvalue weighted by Gasteiger charge is 2.12. The Labute approximate surface area is 164 Å². The number of carbonyl (C=O) groups is 1. The summed E-state index contributed by atoms with van der Waals surface area (Å²) in [5.41, 5.74) is 4.91. The number of rotatable bonds is 9. The zero-order chi connectivity index (χ0) is 18.8. The van der Waals surface area contributed by atoms with Crippen LogP contribution in [0.1, 0.15) is 49.7 Å². The molecule has 2 rings (SSSR count). The summed E-state index contributed by atoms with van der Waals surface area (Å²) < 4.78 is 0. The van der Waals surface area contributed by atoms with Crippen molar-refractivity contribution < 1.29 is 4.79 Å². The van der Waals surface area contributed by atoms with Crippen LogP contribution >= 0.6 is 22.9 Å². The van der Waals surface area contributed by atoms with Gasteiger partial charge in [-0.2, -0.15) is 0 Å². The second-order valence-electron chi connectivity index (χ2n) is 6.27. The first-order chi connectivity index (χ1) is 12.6. The molecule has 0 saturated carbocycles. The minimum atomic E-state index is -0.0671. The second kappa shape index (κ2) is 10.9. The summed E-state index contributed by atoms with van der Waals surface area (Å²) in [6, 6.07) is 10.2. The van der Waals surface area contributed by atoms with Gasteiger partial charge in [-0.15, -0.1) is 11.3 Å². The standard InChI is InChI=1S/C21H25ClN2OS/c1-16(20(25)24-17(2)21-23-12-13-26-21)8-6-7-11-19(15-22)14-18-9-4-3-5-10-18/h3-5,8-10,12-13,15,17H,6-7,11,14H2,1-2H3,(H,24,25). The number of unbranched alkanes of at least 4 members (excludes halogenated alkanes) is 1. The van der Waals surface area contributed by atoms with Gasteiger partial charge in [0, 0.05) is 22.7 Å². The molecular weight excluding hydrogens is 364 g/mol. The molecule has 1 atom stereocenters. The number of halogens is 1. The van der Waals surface area contributed by atoms with Crippen LogP contribution < -0.4 is 5.32 Å². The van der Waals surface area contributed by atoms with Gasteiger partial charge in [0.2, 0.25) is 5.91 Å². The zero-order valence-corrected chi connectivity index (χ0v) is 16.8. The zero-order valence-electron chi connectivity index (χ0n) is 15.2. The first-order valence-electron chi connectivity index (χ1n) is 8.79.